The number of methoxy groups -OCH3 is 2. The van der Waals surface area contributed by atoms with Crippen LogP contribution in [0.1, 0.15) is 43.9 Å². The largest absolute Gasteiger partial charge is 0.496 e. The van der Waals surface area contributed by atoms with Crippen molar-refractivity contribution >= 4 is 45.2 Å². The van der Waals surface area contributed by atoms with Gasteiger partial charge >= 0.3 is 5.97 Å². The number of hydrogen-bond acceptors (Lipinski definition) is 9. The predicted molar refractivity (Wildman–Crippen MR) is 165 cm³/mol. The number of thiazole rings is 1. The second-order valence-electron chi connectivity index (χ2n) is 9.98. The minimum Gasteiger partial charge on any atom is -0.496 e. The number of benzene rings is 2. The fraction of sp³-hybridized carbons (Fsp3) is 0.355. The summed E-state index contributed by atoms with van der Waals surface area (Å²) in [5.74, 6) is 0.785. The van der Waals surface area contributed by atoms with Crippen molar-refractivity contribution in [3.8, 4) is 17.2 Å². The number of carbonyl (C=O) groups excluding carboxylic acids is 2. The lowest BCUT2D eigenvalue weighted by Crippen LogP contribution is -2.40. The van der Waals surface area contributed by atoms with E-state index in [-0.39, 0.29) is 30.3 Å². The summed E-state index contributed by atoms with van der Waals surface area (Å²) in [7, 11) is 3.06. The Labute approximate surface area is 261 Å². The van der Waals surface area contributed by atoms with E-state index in [1.807, 2.05) is 12.1 Å². The molecular formula is C31H32BrN3O7S. The van der Waals surface area contributed by atoms with Gasteiger partial charge in [0.1, 0.15) is 11.8 Å². The molecular weight excluding hydrogens is 638 g/mol. The van der Waals surface area contributed by atoms with Crippen molar-refractivity contribution in [2.45, 2.75) is 32.7 Å². The average molecular weight is 671 g/mol. The number of allylic oxidation sites excluding steroid dienone is 1. The van der Waals surface area contributed by atoms with E-state index in [2.05, 4.69) is 20.9 Å². The van der Waals surface area contributed by atoms with E-state index in [1.54, 1.807) is 56.2 Å². The molecule has 1 saturated heterocycles. The molecule has 0 spiro atoms. The lowest BCUT2D eigenvalue weighted by Gasteiger charge is -2.26. The van der Waals surface area contributed by atoms with Crippen LogP contribution in [0.5, 0.6) is 17.2 Å². The number of esters is 1. The van der Waals surface area contributed by atoms with E-state index in [0.29, 0.717) is 43.4 Å². The first-order chi connectivity index (χ1) is 20.7. The molecule has 226 valence electrons. The minimum absolute atomic E-state index is 0.0566. The van der Waals surface area contributed by atoms with E-state index in [1.165, 1.54) is 23.0 Å². The minimum atomic E-state index is -0.816. The highest BCUT2D eigenvalue weighted by Crippen LogP contribution is 2.37. The SMILES string of the molecule is CCOC(=O)C1=C(C)N=c2s/c(=C\c3ccc(OCC(=O)N4CCCC4)c(OC)c3)c(=O)n2[C@@H]1c1cc(Br)ccc1OC. The van der Waals surface area contributed by atoms with Crippen LogP contribution in [0, 0.1) is 0 Å². The third-order valence-electron chi connectivity index (χ3n) is 7.30. The van der Waals surface area contributed by atoms with Crippen molar-refractivity contribution < 1.29 is 28.5 Å². The quantitative estimate of drug-likeness (QED) is 0.321. The Morgan fingerprint density at radius 2 is 1.79 bits per heavy atom. The van der Waals surface area contributed by atoms with Gasteiger partial charge in [-0.2, -0.15) is 0 Å². The molecule has 0 radical (unpaired) electrons. The van der Waals surface area contributed by atoms with Crippen LogP contribution in [0.4, 0.5) is 0 Å². The molecule has 1 atom stereocenters. The third kappa shape index (κ3) is 6.25. The summed E-state index contributed by atoms with van der Waals surface area (Å²) in [6.07, 6.45) is 3.76. The van der Waals surface area contributed by atoms with Gasteiger partial charge in [0, 0.05) is 23.1 Å². The van der Waals surface area contributed by atoms with Crippen molar-refractivity contribution in [3.05, 3.63) is 83.0 Å². The molecule has 2 aliphatic rings. The van der Waals surface area contributed by atoms with Crippen LogP contribution >= 0.6 is 27.3 Å². The standard InChI is InChI=1S/C31H32BrN3O7S/c1-5-41-30(38)27-18(2)33-31-35(28(27)21-16-20(32)9-11-22(21)39-3)29(37)25(43-31)15-19-8-10-23(24(14-19)40-4)42-17-26(36)34-12-6-7-13-34/h8-11,14-16,28H,5-7,12-13,17H2,1-4H3/b25-15-/t28-/m1/s1. The molecule has 0 bridgehead atoms. The molecule has 2 aliphatic heterocycles. The first-order valence-electron chi connectivity index (χ1n) is 13.9. The summed E-state index contributed by atoms with van der Waals surface area (Å²) in [6, 6.07) is 9.88. The van der Waals surface area contributed by atoms with Crippen LogP contribution in [-0.2, 0) is 14.3 Å². The highest BCUT2D eigenvalue weighted by molar-refractivity contribution is 9.10. The Kier molecular flexibility index (Phi) is 9.36. The van der Waals surface area contributed by atoms with Gasteiger partial charge in [-0.3, -0.25) is 14.2 Å². The van der Waals surface area contributed by atoms with Crippen molar-refractivity contribution in [3.63, 3.8) is 0 Å². The van der Waals surface area contributed by atoms with E-state index >= 15 is 0 Å². The zero-order valence-electron chi connectivity index (χ0n) is 24.3. The van der Waals surface area contributed by atoms with Crippen LogP contribution in [-0.4, -0.2) is 61.9 Å². The zero-order chi connectivity index (χ0) is 30.7. The number of carbonyl (C=O) groups is 2. The Morgan fingerprint density at radius 1 is 1.07 bits per heavy atom. The Balaban J connectivity index is 1.55. The van der Waals surface area contributed by atoms with Gasteiger partial charge in [0.25, 0.3) is 11.5 Å². The lowest BCUT2D eigenvalue weighted by atomic mass is 9.95. The lowest BCUT2D eigenvalue weighted by molar-refractivity contribution is -0.139. The van der Waals surface area contributed by atoms with Crippen LogP contribution in [0.15, 0.2) is 61.9 Å². The maximum Gasteiger partial charge on any atom is 0.338 e. The number of aromatic nitrogens is 1. The van der Waals surface area contributed by atoms with Gasteiger partial charge in [-0.1, -0.05) is 33.3 Å². The van der Waals surface area contributed by atoms with Gasteiger partial charge in [-0.25, -0.2) is 9.79 Å². The molecule has 0 N–H and O–H groups in total. The highest BCUT2D eigenvalue weighted by atomic mass is 79.9. The van der Waals surface area contributed by atoms with Crippen molar-refractivity contribution in [2.24, 2.45) is 4.99 Å². The molecule has 0 unspecified atom stereocenters. The zero-order valence-corrected chi connectivity index (χ0v) is 26.7. The van der Waals surface area contributed by atoms with E-state index < -0.39 is 12.0 Å². The molecule has 0 saturated carbocycles. The number of hydrogen-bond donors (Lipinski definition) is 0. The van der Waals surface area contributed by atoms with Crippen LogP contribution in [0.25, 0.3) is 6.08 Å². The first-order valence-corrected chi connectivity index (χ1v) is 15.5. The van der Waals surface area contributed by atoms with Crippen molar-refractivity contribution in [1.82, 2.24) is 9.47 Å². The molecule has 5 rings (SSSR count). The Bertz CT molecular complexity index is 1770. The van der Waals surface area contributed by atoms with E-state index in [4.69, 9.17) is 18.9 Å². The molecule has 1 fully saturated rings. The number of nitrogens with zero attached hydrogens (tertiary/aromatic N) is 3. The number of likely N-dealkylation sites (tertiary alicyclic amines) is 1. The molecule has 43 heavy (non-hydrogen) atoms. The second-order valence-corrected chi connectivity index (χ2v) is 11.9. The first kappa shape index (κ1) is 30.6. The topological polar surface area (TPSA) is 109 Å². The maximum absolute atomic E-state index is 14.0. The molecule has 12 heteroatoms. The Morgan fingerprint density at radius 3 is 2.49 bits per heavy atom. The molecule has 0 aliphatic carbocycles. The predicted octanol–water partition coefficient (Wildman–Crippen LogP) is 3.58. The van der Waals surface area contributed by atoms with Crippen LogP contribution in [0.2, 0.25) is 0 Å². The van der Waals surface area contributed by atoms with Gasteiger partial charge < -0.3 is 23.8 Å². The highest BCUT2D eigenvalue weighted by Gasteiger charge is 2.35. The van der Waals surface area contributed by atoms with Crippen LogP contribution in [0.3, 0.4) is 0 Å². The summed E-state index contributed by atoms with van der Waals surface area (Å²) in [4.78, 5) is 46.5. The molecule has 10 nitrogen and oxygen atoms in total. The third-order valence-corrected chi connectivity index (χ3v) is 8.77. The fourth-order valence-electron chi connectivity index (χ4n) is 5.25. The average Bonchev–Trinajstić information content (AvgIpc) is 3.64. The van der Waals surface area contributed by atoms with Gasteiger partial charge in [-0.05, 0) is 68.7 Å². The fourth-order valence-corrected chi connectivity index (χ4v) is 6.67. The van der Waals surface area contributed by atoms with Gasteiger partial charge in [0.2, 0.25) is 0 Å². The van der Waals surface area contributed by atoms with Crippen molar-refractivity contribution in [2.75, 3.05) is 40.5 Å². The second kappa shape index (κ2) is 13.2. The summed E-state index contributed by atoms with van der Waals surface area (Å²) in [5, 5.41) is 0. The summed E-state index contributed by atoms with van der Waals surface area (Å²) in [5.41, 5.74) is 1.72. The monoisotopic (exact) mass is 669 g/mol. The number of halogens is 1. The van der Waals surface area contributed by atoms with Gasteiger partial charge in [0.15, 0.2) is 22.9 Å². The van der Waals surface area contributed by atoms with Crippen molar-refractivity contribution in [1.29, 1.82) is 0 Å². The van der Waals surface area contributed by atoms with Gasteiger partial charge in [-0.15, -0.1) is 0 Å². The molecule has 3 heterocycles. The van der Waals surface area contributed by atoms with E-state index in [9.17, 15) is 14.4 Å². The number of rotatable bonds is 9. The molecule has 3 aromatic rings. The maximum atomic E-state index is 14.0. The van der Waals surface area contributed by atoms with E-state index in [0.717, 1.165) is 30.4 Å². The molecule has 1 amide bonds. The van der Waals surface area contributed by atoms with Gasteiger partial charge in [0.05, 0.1) is 36.6 Å². The molecule has 1 aromatic heterocycles. The summed E-state index contributed by atoms with van der Waals surface area (Å²) < 4.78 is 25.0. The number of fused-ring (bicyclic) bond motifs is 1. The number of amides is 1. The Hall–Kier alpha value is -3.90. The van der Waals surface area contributed by atoms with Crippen LogP contribution < -0.4 is 29.1 Å². The summed E-state index contributed by atoms with van der Waals surface area (Å²) in [6.45, 7) is 5.08. The molecule has 2 aromatic carbocycles. The smallest absolute Gasteiger partial charge is 0.338 e. The summed E-state index contributed by atoms with van der Waals surface area (Å²) >= 11 is 4.73. The normalized spacial score (nSPS) is 16.5. The number of ether oxygens (including phenoxy) is 4.